The van der Waals surface area contributed by atoms with Crippen molar-refractivity contribution in [2.24, 2.45) is 5.92 Å². The summed E-state index contributed by atoms with van der Waals surface area (Å²) >= 11 is 4.39. The molecule has 1 aromatic heterocycles. The van der Waals surface area contributed by atoms with Gasteiger partial charge in [0.1, 0.15) is 11.7 Å². The number of carboxylic acids is 1. The zero-order valence-corrected chi connectivity index (χ0v) is 11.1. The Balaban J connectivity index is 2.35. The van der Waals surface area contributed by atoms with E-state index in [1.54, 1.807) is 10.6 Å². The number of thiol groups is 1. The van der Waals surface area contributed by atoms with Crippen molar-refractivity contribution in [2.75, 3.05) is 6.61 Å². The van der Waals surface area contributed by atoms with Crippen LogP contribution in [0.3, 0.4) is 0 Å². The highest BCUT2D eigenvalue weighted by molar-refractivity contribution is 7.80. The summed E-state index contributed by atoms with van der Waals surface area (Å²) < 4.78 is 7.48. The van der Waals surface area contributed by atoms with Crippen molar-refractivity contribution < 1.29 is 14.6 Å². The van der Waals surface area contributed by atoms with Crippen LogP contribution in [0.2, 0.25) is 0 Å². The first-order chi connectivity index (χ1) is 9.00. The molecule has 19 heavy (non-hydrogen) atoms. The molecule has 100 valence electrons. The molecule has 0 spiro atoms. The second kappa shape index (κ2) is 4.25. The Labute approximate surface area is 114 Å². The lowest BCUT2D eigenvalue weighted by molar-refractivity contribution is -0.00531. The van der Waals surface area contributed by atoms with E-state index in [1.165, 1.54) is 6.20 Å². The number of hydrogen-bond acceptors (Lipinski definition) is 4. The Morgan fingerprint density at radius 1 is 1.58 bits per heavy atom. The molecule has 2 aliphatic rings. The van der Waals surface area contributed by atoms with Gasteiger partial charge in [-0.2, -0.15) is 12.6 Å². The van der Waals surface area contributed by atoms with Crippen molar-refractivity contribution in [3.8, 4) is 0 Å². The average Bonchev–Trinajstić information content (AvgIpc) is 2.37. The number of ether oxygens (including phenoxy) is 1. The molecule has 0 amide bonds. The molecule has 0 aromatic carbocycles. The van der Waals surface area contributed by atoms with E-state index in [0.717, 1.165) is 5.69 Å². The fourth-order valence-corrected chi connectivity index (χ4v) is 2.90. The van der Waals surface area contributed by atoms with E-state index < -0.39 is 11.4 Å². The third kappa shape index (κ3) is 1.74. The molecule has 2 unspecified atom stereocenters. The third-order valence-corrected chi connectivity index (χ3v) is 4.00. The van der Waals surface area contributed by atoms with Crippen LogP contribution in [0, 0.1) is 5.92 Å². The fourth-order valence-electron chi connectivity index (χ4n) is 2.63. The molecular formula is C13H13NO4S. The smallest absolute Gasteiger partial charge is 0.341 e. The predicted molar refractivity (Wildman–Crippen MR) is 72.6 cm³/mol. The summed E-state index contributed by atoms with van der Waals surface area (Å²) in [5.74, 6) is -1.07. The van der Waals surface area contributed by atoms with Crippen LogP contribution in [0.5, 0.6) is 0 Å². The van der Waals surface area contributed by atoms with Crippen LogP contribution < -0.4 is 5.43 Å². The molecular weight excluding hydrogens is 266 g/mol. The maximum absolute atomic E-state index is 12.2. The minimum absolute atomic E-state index is 0.148. The summed E-state index contributed by atoms with van der Waals surface area (Å²) in [6.45, 7) is 2.39. The van der Waals surface area contributed by atoms with E-state index in [2.05, 4.69) is 12.6 Å². The van der Waals surface area contributed by atoms with Crippen molar-refractivity contribution in [1.29, 1.82) is 0 Å². The Morgan fingerprint density at radius 3 is 3.00 bits per heavy atom. The largest absolute Gasteiger partial charge is 0.477 e. The molecule has 3 atom stereocenters. The van der Waals surface area contributed by atoms with E-state index >= 15 is 0 Å². The van der Waals surface area contributed by atoms with Gasteiger partial charge in [-0.25, -0.2) is 4.79 Å². The average molecular weight is 279 g/mol. The Kier molecular flexibility index (Phi) is 2.79. The van der Waals surface area contributed by atoms with Gasteiger partial charge in [0.05, 0.1) is 17.7 Å². The minimum atomic E-state index is -1.22. The first-order valence-corrected chi connectivity index (χ1v) is 6.52. The number of aromatic carboxylic acids is 1. The number of carbonyl (C=O) groups is 1. The van der Waals surface area contributed by atoms with E-state index in [1.807, 2.05) is 13.0 Å². The maximum atomic E-state index is 12.2. The number of nitrogens with zero attached hydrogens (tertiary/aromatic N) is 1. The quantitative estimate of drug-likeness (QED) is 0.768. The predicted octanol–water partition coefficient (Wildman–Crippen LogP) is 1.71. The van der Waals surface area contributed by atoms with Crippen LogP contribution in [0.15, 0.2) is 17.1 Å². The Morgan fingerprint density at radius 2 is 2.32 bits per heavy atom. The second-order valence-electron chi connectivity index (χ2n) is 4.84. The zero-order chi connectivity index (χ0) is 13.7. The minimum Gasteiger partial charge on any atom is -0.477 e. The summed E-state index contributed by atoms with van der Waals surface area (Å²) in [6, 6.07) is 0. The van der Waals surface area contributed by atoms with Crippen molar-refractivity contribution in [3.63, 3.8) is 0 Å². The maximum Gasteiger partial charge on any atom is 0.341 e. The lowest BCUT2D eigenvalue weighted by Crippen LogP contribution is -2.35. The van der Waals surface area contributed by atoms with Crippen LogP contribution in [-0.2, 0) is 4.74 Å². The van der Waals surface area contributed by atoms with Crippen LogP contribution in [0.4, 0.5) is 0 Å². The molecule has 0 saturated carbocycles. The van der Waals surface area contributed by atoms with E-state index in [-0.39, 0.29) is 23.0 Å². The standard InChI is InChI=1S/C13H13NO4S/c1-6-2-3-7-10-12(6)18-5-9(19)14(10)4-8(11(7)15)13(16)17/h2-4,6,9,12,19H,5H2,1H3,(H,16,17)/t6?,9-,12?/m0/s1. The number of carboxylic acid groups (broad SMARTS) is 1. The molecule has 0 fully saturated rings. The Hall–Kier alpha value is -1.53. The van der Waals surface area contributed by atoms with Gasteiger partial charge in [0, 0.05) is 17.7 Å². The van der Waals surface area contributed by atoms with Gasteiger partial charge in [-0.3, -0.25) is 4.79 Å². The molecule has 2 heterocycles. The summed E-state index contributed by atoms with van der Waals surface area (Å²) in [5.41, 5.74) is 0.452. The second-order valence-corrected chi connectivity index (χ2v) is 5.43. The summed E-state index contributed by atoms with van der Waals surface area (Å²) in [7, 11) is 0. The van der Waals surface area contributed by atoms with Gasteiger partial charge < -0.3 is 14.4 Å². The molecule has 6 heteroatoms. The highest BCUT2D eigenvalue weighted by Crippen LogP contribution is 2.39. The van der Waals surface area contributed by atoms with Gasteiger partial charge in [-0.1, -0.05) is 19.1 Å². The van der Waals surface area contributed by atoms with Crippen LogP contribution in [0.25, 0.3) is 6.08 Å². The summed E-state index contributed by atoms with van der Waals surface area (Å²) in [6.07, 6.45) is 4.74. The third-order valence-electron chi connectivity index (χ3n) is 3.60. The molecule has 1 aliphatic heterocycles. The van der Waals surface area contributed by atoms with E-state index in [9.17, 15) is 9.59 Å². The molecule has 3 rings (SSSR count). The van der Waals surface area contributed by atoms with E-state index in [4.69, 9.17) is 9.84 Å². The van der Waals surface area contributed by atoms with Crippen molar-refractivity contribution in [2.45, 2.75) is 18.4 Å². The number of rotatable bonds is 1. The van der Waals surface area contributed by atoms with Crippen molar-refractivity contribution in [1.82, 2.24) is 4.57 Å². The van der Waals surface area contributed by atoms with Crippen molar-refractivity contribution in [3.05, 3.63) is 39.3 Å². The molecule has 0 radical (unpaired) electrons. The van der Waals surface area contributed by atoms with Crippen LogP contribution in [0.1, 0.15) is 40.0 Å². The van der Waals surface area contributed by atoms with Gasteiger partial charge >= 0.3 is 5.97 Å². The number of pyridine rings is 1. The lowest BCUT2D eigenvalue weighted by Gasteiger charge is -2.37. The molecule has 5 nitrogen and oxygen atoms in total. The highest BCUT2D eigenvalue weighted by atomic mass is 32.1. The fraction of sp³-hybridized carbons (Fsp3) is 0.385. The lowest BCUT2D eigenvalue weighted by atomic mass is 9.89. The number of hydrogen-bond donors (Lipinski definition) is 2. The van der Waals surface area contributed by atoms with Crippen LogP contribution >= 0.6 is 12.6 Å². The first kappa shape index (κ1) is 12.5. The topological polar surface area (TPSA) is 68.5 Å². The number of aromatic nitrogens is 1. The van der Waals surface area contributed by atoms with Gasteiger partial charge in [0.15, 0.2) is 0 Å². The SMILES string of the molecule is CC1C=Cc2c3n(cc(C(=O)O)c2=O)[C@@H](S)COC31. The van der Waals surface area contributed by atoms with E-state index in [0.29, 0.717) is 12.2 Å². The zero-order valence-electron chi connectivity index (χ0n) is 10.2. The van der Waals surface area contributed by atoms with Gasteiger partial charge in [0.25, 0.3) is 0 Å². The molecule has 1 aliphatic carbocycles. The monoisotopic (exact) mass is 279 g/mol. The van der Waals surface area contributed by atoms with Crippen molar-refractivity contribution >= 4 is 24.7 Å². The highest BCUT2D eigenvalue weighted by Gasteiger charge is 2.35. The van der Waals surface area contributed by atoms with Crippen LogP contribution in [-0.4, -0.2) is 22.2 Å². The molecule has 1 N–H and O–H groups in total. The molecule has 1 aromatic rings. The normalized spacial score (nSPS) is 28.0. The van der Waals surface area contributed by atoms with Gasteiger partial charge in [-0.15, -0.1) is 0 Å². The summed E-state index contributed by atoms with van der Waals surface area (Å²) in [4.78, 5) is 23.3. The molecule has 0 saturated heterocycles. The first-order valence-electron chi connectivity index (χ1n) is 6.01. The molecule has 0 bridgehead atoms. The van der Waals surface area contributed by atoms with Gasteiger partial charge in [-0.05, 0) is 0 Å². The Bertz CT molecular complexity index is 649. The van der Waals surface area contributed by atoms with Gasteiger partial charge in [0.2, 0.25) is 5.43 Å². The summed E-state index contributed by atoms with van der Waals surface area (Å²) in [5, 5.41) is 8.84.